The van der Waals surface area contributed by atoms with Crippen LogP contribution < -0.4 is 0 Å². The Morgan fingerprint density at radius 3 is 2.95 bits per heavy atom. The lowest BCUT2D eigenvalue weighted by Crippen LogP contribution is -2.14. The van der Waals surface area contributed by atoms with Gasteiger partial charge < -0.3 is 5.11 Å². The fraction of sp³-hybridized carbons (Fsp3) is 0.333. The van der Waals surface area contributed by atoms with E-state index in [0.29, 0.717) is 22.4 Å². The first-order valence-corrected chi connectivity index (χ1v) is 6.70. The third kappa shape index (κ3) is 3.38. The maximum atomic E-state index is 13.5. The van der Waals surface area contributed by atoms with Gasteiger partial charge in [0.1, 0.15) is 5.82 Å². The average Bonchev–Trinajstić information content (AvgIpc) is 2.79. The van der Waals surface area contributed by atoms with Gasteiger partial charge in [-0.2, -0.15) is 0 Å². The Balaban J connectivity index is 2.23. The fourth-order valence-corrected chi connectivity index (χ4v) is 2.07. The van der Waals surface area contributed by atoms with Crippen LogP contribution in [0.5, 0.6) is 0 Å². The van der Waals surface area contributed by atoms with Crippen LogP contribution in [-0.4, -0.2) is 31.3 Å². The number of carboxylic acid groups (broad SMARTS) is 1. The van der Waals surface area contributed by atoms with E-state index in [2.05, 4.69) is 31.5 Å². The molecular weight excluding hydrogens is 331 g/mol. The van der Waals surface area contributed by atoms with Gasteiger partial charge in [-0.3, -0.25) is 4.79 Å². The Kier molecular flexibility index (Phi) is 4.43. The van der Waals surface area contributed by atoms with Crippen molar-refractivity contribution in [3.8, 4) is 11.4 Å². The van der Waals surface area contributed by atoms with E-state index in [9.17, 15) is 9.18 Å². The highest BCUT2D eigenvalue weighted by Crippen LogP contribution is 2.23. The molecule has 1 N–H and O–H groups in total. The van der Waals surface area contributed by atoms with Gasteiger partial charge in [0.15, 0.2) is 5.82 Å². The maximum absolute atomic E-state index is 13.5. The van der Waals surface area contributed by atoms with Crippen LogP contribution in [0.3, 0.4) is 0 Å². The zero-order chi connectivity index (χ0) is 14.7. The molecule has 8 heteroatoms. The van der Waals surface area contributed by atoms with E-state index in [0.717, 1.165) is 0 Å². The van der Waals surface area contributed by atoms with Crippen LogP contribution in [0.1, 0.15) is 13.3 Å². The summed E-state index contributed by atoms with van der Waals surface area (Å²) in [4.78, 5) is 10.7. The first-order chi connectivity index (χ1) is 9.47. The van der Waals surface area contributed by atoms with Crippen molar-refractivity contribution in [2.45, 2.75) is 19.9 Å². The molecule has 2 rings (SSSR count). The van der Waals surface area contributed by atoms with Crippen LogP contribution in [0.2, 0.25) is 0 Å². The van der Waals surface area contributed by atoms with Crippen LogP contribution in [0.15, 0.2) is 22.7 Å². The fourth-order valence-electron chi connectivity index (χ4n) is 1.83. The van der Waals surface area contributed by atoms with Crippen molar-refractivity contribution in [3.63, 3.8) is 0 Å². The second-order valence-electron chi connectivity index (χ2n) is 4.52. The van der Waals surface area contributed by atoms with E-state index >= 15 is 0 Å². The van der Waals surface area contributed by atoms with Crippen molar-refractivity contribution in [1.82, 2.24) is 20.2 Å². The van der Waals surface area contributed by atoms with Crippen molar-refractivity contribution in [1.29, 1.82) is 0 Å². The smallest absolute Gasteiger partial charge is 0.303 e. The lowest BCUT2D eigenvalue weighted by Gasteiger charge is -2.10. The third-order valence-corrected chi connectivity index (χ3v) is 3.36. The Morgan fingerprint density at radius 1 is 1.55 bits per heavy atom. The molecule has 0 saturated heterocycles. The molecule has 0 aliphatic carbocycles. The molecule has 1 aromatic carbocycles. The highest BCUT2D eigenvalue weighted by Gasteiger charge is 2.15. The Labute approximate surface area is 122 Å². The Bertz CT molecular complexity index is 632. The standard InChI is InChI=1S/C12H12BrFN4O2/c1-7(4-11(19)20)6-18-12(15-16-17-18)8-2-3-9(13)10(14)5-8/h2-3,5,7H,4,6H2,1H3,(H,19,20). The summed E-state index contributed by atoms with van der Waals surface area (Å²) in [5, 5.41) is 20.0. The number of halogens is 2. The number of benzene rings is 1. The third-order valence-electron chi connectivity index (χ3n) is 2.72. The quantitative estimate of drug-likeness (QED) is 0.901. The molecule has 0 saturated carbocycles. The minimum Gasteiger partial charge on any atom is -0.481 e. The summed E-state index contributed by atoms with van der Waals surface area (Å²) >= 11 is 3.08. The minimum absolute atomic E-state index is 0.0218. The highest BCUT2D eigenvalue weighted by atomic mass is 79.9. The summed E-state index contributed by atoms with van der Waals surface area (Å²) in [7, 11) is 0. The van der Waals surface area contributed by atoms with E-state index in [1.807, 2.05) is 0 Å². The molecule has 0 aliphatic heterocycles. The van der Waals surface area contributed by atoms with E-state index < -0.39 is 11.8 Å². The van der Waals surface area contributed by atoms with Gasteiger partial charge in [0, 0.05) is 18.5 Å². The van der Waals surface area contributed by atoms with Crippen LogP contribution in [0.25, 0.3) is 11.4 Å². The zero-order valence-electron chi connectivity index (χ0n) is 10.6. The number of hydrogen-bond donors (Lipinski definition) is 1. The summed E-state index contributed by atoms with van der Waals surface area (Å²) in [6.07, 6.45) is 0.0218. The zero-order valence-corrected chi connectivity index (χ0v) is 12.2. The minimum atomic E-state index is -0.873. The monoisotopic (exact) mass is 342 g/mol. The molecule has 0 spiro atoms. The molecule has 1 aromatic heterocycles. The van der Waals surface area contributed by atoms with Gasteiger partial charge in [0.2, 0.25) is 0 Å². The molecule has 0 aliphatic rings. The van der Waals surface area contributed by atoms with Gasteiger partial charge in [-0.15, -0.1) is 5.10 Å². The number of rotatable bonds is 5. The van der Waals surface area contributed by atoms with Gasteiger partial charge in [-0.25, -0.2) is 9.07 Å². The van der Waals surface area contributed by atoms with Crippen molar-refractivity contribution in [2.24, 2.45) is 5.92 Å². The predicted molar refractivity (Wildman–Crippen MR) is 72.3 cm³/mol. The molecule has 1 unspecified atom stereocenters. The summed E-state index contributed by atoms with van der Waals surface area (Å²) < 4.78 is 15.4. The van der Waals surface area contributed by atoms with E-state index in [-0.39, 0.29) is 12.3 Å². The summed E-state index contributed by atoms with van der Waals surface area (Å²) in [6.45, 7) is 2.15. The first-order valence-electron chi connectivity index (χ1n) is 5.90. The average molecular weight is 343 g/mol. The van der Waals surface area contributed by atoms with Gasteiger partial charge in [-0.1, -0.05) is 6.92 Å². The van der Waals surface area contributed by atoms with Crippen LogP contribution in [0.4, 0.5) is 4.39 Å². The van der Waals surface area contributed by atoms with Crippen molar-refractivity contribution in [3.05, 3.63) is 28.5 Å². The van der Waals surface area contributed by atoms with Crippen molar-refractivity contribution in [2.75, 3.05) is 0 Å². The van der Waals surface area contributed by atoms with Gasteiger partial charge in [0.25, 0.3) is 0 Å². The lowest BCUT2D eigenvalue weighted by molar-refractivity contribution is -0.138. The van der Waals surface area contributed by atoms with E-state index in [1.165, 1.54) is 10.7 Å². The number of tetrazole rings is 1. The molecule has 0 amide bonds. The topological polar surface area (TPSA) is 80.9 Å². The number of nitrogens with zero attached hydrogens (tertiary/aromatic N) is 4. The lowest BCUT2D eigenvalue weighted by atomic mass is 10.1. The van der Waals surface area contributed by atoms with Crippen LogP contribution in [-0.2, 0) is 11.3 Å². The normalized spacial score (nSPS) is 12.3. The summed E-state index contributed by atoms with van der Waals surface area (Å²) in [6, 6.07) is 4.59. The van der Waals surface area contributed by atoms with Gasteiger partial charge in [0.05, 0.1) is 4.47 Å². The summed E-state index contributed by atoms with van der Waals surface area (Å²) in [5.74, 6) is -0.999. The number of carbonyl (C=O) groups is 1. The van der Waals surface area contributed by atoms with Crippen LogP contribution >= 0.6 is 15.9 Å². The molecule has 20 heavy (non-hydrogen) atoms. The van der Waals surface area contributed by atoms with E-state index in [1.54, 1.807) is 19.1 Å². The van der Waals surface area contributed by atoms with E-state index in [4.69, 9.17) is 5.11 Å². The predicted octanol–water partition coefficient (Wildman–Crippen LogP) is 2.35. The largest absolute Gasteiger partial charge is 0.481 e. The number of carboxylic acids is 1. The molecular formula is C12H12BrFN4O2. The summed E-state index contributed by atoms with van der Waals surface area (Å²) in [5.41, 5.74) is 0.540. The number of aliphatic carboxylic acids is 1. The van der Waals surface area contributed by atoms with Gasteiger partial charge >= 0.3 is 5.97 Å². The highest BCUT2D eigenvalue weighted by molar-refractivity contribution is 9.10. The molecule has 0 bridgehead atoms. The Morgan fingerprint density at radius 2 is 2.30 bits per heavy atom. The molecule has 106 valence electrons. The molecule has 2 aromatic rings. The second-order valence-corrected chi connectivity index (χ2v) is 5.37. The molecule has 6 nitrogen and oxygen atoms in total. The van der Waals surface area contributed by atoms with Gasteiger partial charge in [-0.05, 0) is 50.5 Å². The maximum Gasteiger partial charge on any atom is 0.303 e. The van der Waals surface area contributed by atoms with Crippen molar-refractivity contribution >= 4 is 21.9 Å². The Hall–Kier alpha value is -1.83. The first kappa shape index (κ1) is 14.6. The molecule has 0 radical (unpaired) electrons. The SMILES string of the molecule is CC(CC(=O)O)Cn1nnnc1-c1ccc(Br)c(F)c1. The second kappa shape index (κ2) is 6.08. The van der Waals surface area contributed by atoms with Crippen molar-refractivity contribution < 1.29 is 14.3 Å². The number of aromatic nitrogens is 4. The van der Waals surface area contributed by atoms with Crippen LogP contribution in [0, 0.1) is 11.7 Å². The molecule has 1 atom stereocenters. The molecule has 1 heterocycles. The molecule has 0 fully saturated rings. The number of hydrogen-bond acceptors (Lipinski definition) is 4.